The zero-order chi connectivity index (χ0) is 22.6. The van der Waals surface area contributed by atoms with E-state index in [1.807, 2.05) is 49.6 Å². The van der Waals surface area contributed by atoms with Gasteiger partial charge in [-0.05, 0) is 74.8 Å². The first-order valence-corrected chi connectivity index (χ1v) is 13.0. The van der Waals surface area contributed by atoms with E-state index in [1.54, 1.807) is 6.07 Å². The maximum atomic E-state index is 12.8. The normalized spacial score (nSPS) is 22.3. The van der Waals surface area contributed by atoms with E-state index in [0.29, 0.717) is 22.6 Å². The number of thioether (sulfide) groups is 1. The summed E-state index contributed by atoms with van der Waals surface area (Å²) in [6.07, 6.45) is 1.91. The Bertz CT molecular complexity index is 1070. The lowest BCUT2D eigenvalue weighted by atomic mass is 9.88. The summed E-state index contributed by atoms with van der Waals surface area (Å²) in [4.78, 5) is 18.6. The van der Waals surface area contributed by atoms with Crippen molar-refractivity contribution in [3.8, 4) is 11.1 Å². The highest BCUT2D eigenvalue weighted by atomic mass is 35.5. The standard InChI is InChI=1S/C25H28Cl2N2O2S/c1-25(2,3)31-24(30)28-9-7-21-19(14-28)18-11-15(17-6-5-16(26)13-20(17)27)12-22-23(18)29(21)8-4-10-32-22/h5-6,11-13,19,21H,4,7-10,14H2,1-3H3. The van der Waals surface area contributed by atoms with Crippen LogP contribution in [0.1, 0.15) is 45.1 Å². The number of fused-ring (bicyclic) bond motifs is 3. The van der Waals surface area contributed by atoms with Gasteiger partial charge in [0.2, 0.25) is 0 Å². The molecular weight excluding hydrogens is 463 g/mol. The lowest BCUT2D eigenvalue weighted by Crippen LogP contribution is -2.49. The lowest BCUT2D eigenvalue weighted by Gasteiger charge is -2.39. The van der Waals surface area contributed by atoms with E-state index in [0.717, 1.165) is 42.8 Å². The first kappa shape index (κ1) is 22.2. The number of hydrogen-bond acceptors (Lipinski definition) is 4. The quantitative estimate of drug-likeness (QED) is 0.427. The van der Waals surface area contributed by atoms with Crippen molar-refractivity contribution in [2.75, 3.05) is 30.3 Å². The number of halogens is 2. The average molecular weight is 491 g/mol. The van der Waals surface area contributed by atoms with Gasteiger partial charge in [-0.15, -0.1) is 11.8 Å². The van der Waals surface area contributed by atoms with Gasteiger partial charge in [0.1, 0.15) is 5.60 Å². The molecule has 2 atom stereocenters. The molecule has 0 N–H and O–H groups in total. The Morgan fingerprint density at radius 1 is 1.16 bits per heavy atom. The Hall–Kier alpha value is -1.56. The van der Waals surface area contributed by atoms with Gasteiger partial charge < -0.3 is 14.5 Å². The summed E-state index contributed by atoms with van der Waals surface area (Å²) in [5.41, 5.74) is 4.31. The van der Waals surface area contributed by atoms with E-state index in [9.17, 15) is 4.79 Å². The monoisotopic (exact) mass is 490 g/mol. The number of piperidine rings is 1. The number of hydrogen-bond donors (Lipinski definition) is 0. The Balaban J connectivity index is 1.55. The van der Waals surface area contributed by atoms with E-state index >= 15 is 0 Å². The molecule has 1 amide bonds. The van der Waals surface area contributed by atoms with E-state index in [2.05, 4.69) is 17.0 Å². The van der Waals surface area contributed by atoms with Crippen LogP contribution in [0.3, 0.4) is 0 Å². The van der Waals surface area contributed by atoms with Gasteiger partial charge in [-0.3, -0.25) is 0 Å². The third-order valence-corrected chi connectivity index (χ3v) is 8.13. The first-order valence-electron chi connectivity index (χ1n) is 11.2. The second-order valence-electron chi connectivity index (χ2n) is 9.82. The molecule has 0 aromatic heterocycles. The van der Waals surface area contributed by atoms with Crippen molar-refractivity contribution in [3.63, 3.8) is 0 Å². The maximum absolute atomic E-state index is 12.8. The molecule has 0 saturated carbocycles. The third kappa shape index (κ3) is 4.08. The van der Waals surface area contributed by atoms with Crippen LogP contribution in [-0.4, -0.2) is 48.0 Å². The smallest absolute Gasteiger partial charge is 0.410 e. The van der Waals surface area contributed by atoms with Crippen molar-refractivity contribution < 1.29 is 9.53 Å². The molecule has 0 spiro atoms. The summed E-state index contributed by atoms with van der Waals surface area (Å²) in [6.45, 7) is 8.25. The van der Waals surface area contributed by atoms with Gasteiger partial charge in [0.05, 0.1) is 5.69 Å². The second-order valence-corrected chi connectivity index (χ2v) is 11.8. The molecule has 0 radical (unpaired) electrons. The first-order chi connectivity index (χ1) is 15.2. The number of carbonyl (C=O) groups excluding carboxylic acids is 1. The Morgan fingerprint density at radius 3 is 2.72 bits per heavy atom. The van der Waals surface area contributed by atoms with Crippen LogP contribution in [0, 0.1) is 0 Å². The van der Waals surface area contributed by atoms with Crippen LogP contribution in [0.25, 0.3) is 11.1 Å². The molecular formula is C25H28Cl2N2O2S. The third-order valence-electron chi connectivity index (χ3n) is 6.46. The summed E-state index contributed by atoms with van der Waals surface area (Å²) < 4.78 is 5.68. The predicted octanol–water partition coefficient (Wildman–Crippen LogP) is 7.07. The molecule has 7 heteroatoms. The van der Waals surface area contributed by atoms with Crippen LogP contribution in [0.15, 0.2) is 35.2 Å². The van der Waals surface area contributed by atoms with E-state index in [1.165, 1.54) is 16.1 Å². The minimum absolute atomic E-state index is 0.213. The molecule has 3 aliphatic heterocycles. The van der Waals surface area contributed by atoms with Gasteiger partial charge in [0.25, 0.3) is 0 Å². The number of likely N-dealkylation sites (tertiary alicyclic amines) is 1. The number of benzene rings is 2. The highest BCUT2D eigenvalue weighted by Gasteiger charge is 2.45. The van der Waals surface area contributed by atoms with Crippen molar-refractivity contribution >= 4 is 46.7 Å². The molecule has 170 valence electrons. The zero-order valence-corrected chi connectivity index (χ0v) is 21.0. The van der Waals surface area contributed by atoms with Gasteiger partial charge in [-0.2, -0.15) is 0 Å². The van der Waals surface area contributed by atoms with Crippen LogP contribution in [0.2, 0.25) is 10.0 Å². The number of ether oxygens (including phenoxy) is 1. The molecule has 2 unspecified atom stereocenters. The van der Waals surface area contributed by atoms with E-state index in [-0.39, 0.29) is 12.0 Å². The fourth-order valence-corrected chi connectivity index (χ4v) is 6.77. The average Bonchev–Trinajstić information content (AvgIpc) is 2.87. The van der Waals surface area contributed by atoms with E-state index < -0.39 is 5.60 Å². The molecule has 1 fully saturated rings. The molecule has 32 heavy (non-hydrogen) atoms. The molecule has 4 nitrogen and oxygen atoms in total. The molecule has 2 aromatic rings. The summed E-state index contributed by atoms with van der Waals surface area (Å²) in [7, 11) is 0. The molecule has 5 rings (SSSR count). The van der Waals surface area contributed by atoms with Crippen molar-refractivity contribution in [3.05, 3.63) is 45.9 Å². The van der Waals surface area contributed by atoms with Crippen LogP contribution >= 0.6 is 35.0 Å². The maximum Gasteiger partial charge on any atom is 0.410 e. The molecule has 1 saturated heterocycles. The summed E-state index contributed by atoms with van der Waals surface area (Å²) in [6, 6.07) is 10.7. The molecule has 0 aliphatic carbocycles. The Labute approximate surface area is 204 Å². The predicted molar refractivity (Wildman–Crippen MR) is 134 cm³/mol. The zero-order valence-electron chi connectivity index (χ0n) is 18.7. The number of amides is 1. The lowest BCUT2D eigenvalue weighted by molar-refractivity contribution is 0.0189. The van der Waals surface area contributed by atoms with Crippen LogP contribution in [0.5, 0.6) is 0 Å². The Morgan fingerprint density at radius 2 is 1.97 bits per heavy atom. The molecule has 0 bridgehead atoms. The van der Waals surface area contributed by atoms with Gasteiger partial charge in [0, 0.05) is 52.1 Å². The highest BCUT2D eigenvalue weighted by Crippen LogP contribution is 2.52. The van der Waals surface area contributed by atoms with Crippen molar-refractivity contribution in [1.82, 2.24) is 4.90 Å². The van der Waals surface area contributed by atoms with Gasteiger partial charge in [0.15, 0.2) is 0 Å². The molecule has 2 aromatic carbocycles. The van der Waals surface area contributed by atoms with Gasteiger partial charge in [-0.1, -0.05) is 29.3 Å². The summed E-state index contributed by atoms with van der Waals surface area (Å²) >= 11 is 14.7. The Kier molecular flexibility index (Phi) is 5.80. The van der Waals surface area contributed by atoms with Crippen LogP contribution < -0.4 is 4.90 Å². The summed E-state index contributed by atoms with van der Waals surface area (Å²) in [5.74, 6) is 1.39. The van der Waals surface area contributed by atoms with Crippen molar-refractivity contribution in [2.45, 2.75) is 56.1 Å². The minimum atomic E-state index is -0.489. The highest BCUT2D eigenvalue weighted by molar-refractivity contribution is 7.99. The summed E-state index contributed by atoms with van der Waals surface area (Å²) in [5, 5.41) is 1.30. The fourth-order valence-electron chi connectivity index (χ4n) is 5.18. The second kappa shape index (κ2) is 8.34. The van der Waals surface area contributed by atoms with E-state index in [4.69, 9.17) is 27.9 Å². The van der Waals surface area contributed by atoms with Gasteiger partial charge >= 0.3 is 6.09 Å². The minimum Gasteiger partial charge on any atom is -0.444 e. The van der Waals surface area contributed by atoms with Crippen molar-refractivity contribution in [1.29, 1.82) is 0 Å². The van der Waals surface area contributed by atoms with Gasteiger partial charge in [-0.25, -0.2) is 4.79 Å². The number of nitrogens with zero attached hydrogens (tertiary/aromatic N) is 2. The largest absolute Gasteiger partial charge is 0.444 e. The van der Waals surface area contributed by atoms with Crippen LogP contribution in [0.4, 0.5) is 10.5 Å². The van der Waals surface area contributed by atoms with Crippen molar-refractivity contribution in [2.24, 2.45) is 0 Å². The molecule has 3 heterocycles. The topological polar surface area (TPSA) is 32.8 Å². The number of anilines is 1. The number of rotatable bonds is 1. The SMILES string of the molecule is CC(C)(C)OC(=O)N1CCC2C(C1)c1cc(-c3ccc(Cl)cc3Cl)cc3c1N2CCCS3. The number of carbonyl (C=O) groups is 1. The fraction of sp³-hybridized carbons (Fsp3) is 0.480. The van der Waals surface area contributed by atoms with Crippen LogP contribution in [-0.2, 0) is 4.74 Å². The molecule has 3 aliphatic rings.